The number of amides is 1. The highest BCUT2D eigenvalue weighted by molar-refractivity contribution is 5.79. The van der Waals surface area contributed by atoms with Crippen LogP contribution in [0.1, 0.15) is 19.3 Å². The zero-order chi connectivity index (χ0) is 16.4. The minimum Gasteiger partial charge on any atom is -0.341 e. The molecular weight excluding hydrogens is 296 g/mol. The molecular formula is C16H20N4O3. The number of nitrogens with one attached hydrogen (secondary N) is 1. The van der Waals surface area contributed by atoms with Crippen LogP contribution < -0.4 is 17.0 Å². The Morgan fingerprint density at radius 3 is 2.87 bits per heavy atom. The number of likely N-dealkylation sites (tertiary alicyclic amines) is 1. The fourth-order valence-corrected chi connectivity index (χ4v) is 3.07. The van der Waals surface area contributed by atoms with Crippen molar-refractivity contribution in [2.24, 2.45) is 5.73 Å². The van der Waals surface area contributed by atoms with Gasteiger partial charge in [0.05, 0.1) is 10.9 Å². The third-order valence-corrected chi connectivity index (χ3v) is 4.26. The van der Waals surface area contributed by atoms with Crippen LogP contribution in [0.25, 0.3) is 10.9 Å². The highest BCUT2D eigenvalue weighted by Crippen LogP contribution is 2.11. The Labute approximate surface area is 132 Å². The Bertz CT molecular complexity index is 839. The number of benzene rings is 1. The fourth-order valence-electron chi connectivity index (χ4n) is 3.07. The summed E-state index contributed by atoms with van der Waals surface area (Å²) in [6, 6.07) is 6.92. The molecule has 1 aliphatic heterocycles. The molecule has 1 amide bonds. The van der Waals surface area contributed by atoms with Crippen molar-refractivity contribution in [1.29, 1.82) is 0 Å². The molecule has 3 rings (SSSR count). The summed E-state index contributed by atoms with van der Waals surface area (Å²) in [4.78, 5) is 40.2. The summed E-state index contributed by atoms with van der Waals surface area (Å²) in [5.74, 6) is -0.0117. The molecule has 0 spiro atoms. The summed E-state index contributed by atoms with van der Waals surface area (Å²) >= 11 is 0. The van der Waals surface area contributed by atoms with Crippen LogP contribution >= 0.6 is 0 Å². The maximum absolute atomic E-state index is 12.3. The number of aromatic nitrogens is 2. The van der Waals surface area contributed by atoms with E-state index in [1.165, 1.54) is 4.57 Å². The predicted molar refractivity (Wildman–Crippen MR) is 87.2 cm³/mol. The van der Waals surface area contributed by atoms with Crippen molar-refractivity contribution in [3.05, 3.63) is 45.1 Å². The lowest BCUT2D eigenvalue weighted by molar-refractivity contribution is -0.132. The number of aromatic amines is 1. The molecule has 122 valence electrons. The van der Waals surface area contributed by atoms with Gasteiger partial charge in [-0.05, 0) is 25.0 Å². The van der Waals surface area contributed by atoms with Crippen LogP contribution in [0.15, 0.2) is 33.9 Å². The van der Waals surface area contributed by atoms with Gasteiger partial charge in [-0.1, -0.05) is 12.1 Å². The number of nitrogens with zero attached hydrogens (tertiary/aromatic N) is 2. The van der Waals surface area contributed by atoms with E-state index < -0.39 is 11.2 Å². The van der Waals surface area contributed by atoms with Gasteiger partial charge in [0.15, 0.2) is 0 Å². The van der Waals surface area contributed by atoms with Gasteiger partial charge < -0.3 is 10.6 Å². The average Bonchev–Trinajstić information content (AvgIpc) is 2.54. The second kappa shape index (κ2) is 6.37. The first-order valence-corrected chi connectivity index (χ1v) is 7.81. The molecule has 1 aromatic heterocycles. The van der Waals surface area contributed by atoms with Gasteiger partial charge in [0.2, 0.25) is 5.91 Å². The van der Waals surface area contributed by atoms with Crippen LogP contribution in [0, 0.1) is 0 Å². The predicted octanol–water partition coefficient (Wildman–Crippen LogP) is 0.0296. The average molecular weight is 316 g/mol. The van der Waals surface area contributed by atoms with Gasteiger partial charge in [0, 0.05) is 32.1 Å². The normalized spacial score (nSPS) is 18.3. The second-order valence-electron chi connectivity index (χ2n) is 5.92. The molecule has 2 aromatic rings. The van der Waals surface area contributed by atoms with Crippen LogP contribution in [-0.4, -0.2) is 39.5 Å². The van der Waals surface area contributed by atoms with E-state index in [4.69, 9.17) is 5.73 Å². The van der Waals surface area contributed by atoms with E-state index in [9.17, 15) is 14.4 Å². The number of fused-ring (bicyclic) bond motifs is 1. The number of nitrogens with two attached hydrogens (primary N) is 1. The molecule has 1 aromatic carbocycles. The maximum Gasteiger partial charge on any atom is 0.328 e. The van der Waals surface area contributed by atoms with Crippen molar-refractivity contribution < 1.29 is 4.79 Å². The molecule has 7 heteroatoms. The van der Waals surface area contributed by atoms with Crippen LogP contribution in [0.3, 0.4) is 0 Å². The Morgan fingerprint density at radius 2 is 2.09 bits per heavy atom. The Hall–Kier alpha value is -2.41. The van der Waals surface area contributed by atoms with Gasteiger partial charge in [0.1, 0.15) is 0 Å². The lowest BCUT2D eigenvalue weighted by Gasteiger charge is -2.30. The van der Waals surface area contributed by atoms with E-state index >= 15 is 0 Å². The Morgan fingerprint density at radius 1 is 1.30 bits per heavy atom. The van der Waals surface area contributed by atoms with Crippen molar-refractivity contribution in [2.45, 2.75) is 31.8 Å². The third-order valence-electron chi connectivity index (χ3n) is 4.26. The van der Waals surface area contributed by atoms with Crippen molar-refractivity contribution in [3.8, 4) is 0 Å². The number of carbonyl (C=O) groups excluding carboxylic acids is 1. The van der Waals surface area contributed by atoms with Gasteiger partial charge in [-0.15, -0.1) is 0 Å². The first kappa shape index (κ1) is 15.5. The maximum atomic E-state index is 12.3. The van der Waals surface area contributed by atoms with Crippen molar-refractivity contribution in [3.63, 3.8) is 0 Å². The van der Waals surface area contributed by atoms with E-state index in [2.05, 4.69) is 4.98 Å². The number of hydrogen-bond donors (Lipinski definition) is 2. The van der Waals surface area contributed by atoms with Crippen LogP contribution in [0.2, 0.25) is 0 Å². The highest BCUT2D eigenvalue weighted by Gasteiger charge is 2.21. The second-order valence-corrected chi connectivity index (χ2v) is 5.92. The molecule has 0 bridgehead atoms. The number of rotatable bonds is 3. The third kappa shape index (κ3) is 3.19. The topological polar surface area (TPSA) is 101 Å². The fraction of sp³-hybridized carbons (Fsp3) is 0.438. The van der Waals surface area contributed by atoms with Gasteiger partial charge in [0.25, 0.3) is 5.56 Å². The molecule has 1 atom stereocenters. The van der Waals surface area contributed by atoms with E-state index in [-0.39, 0.29) is 24.9 Å². The van der Waals surface area contributed by atoms with Crippen LogP contribution in [0.4, 0.5) is 0 Å². The summed E-state index contributed by atoms with van der Waals surface area (Å²) in [5.41, 5.74) is 5.55. The Kier molecular flexibility index (Phi) is 4.29. The summed E-state index contributed by atoms with van der Waals surface area (Å²) in [5, 5.41) is 0.444. The number of hydrogen-bond acceptors (Lipinski definition) is 4. The van der Waals surface area contributed by atoms with Crippen LogP contribution in [-0.2, 0) is 11.3 Å². The highest BCUT2D eigenvalue weighted by atomic mass is 16.2. The van der Waals surface area contributed by atoms with Gasteiger partial charge in [-0.3, -0.25) is 19.1 Å². The number of H-pyrrole nitrogens is 1. The molecule has 1 saturated heterocycles. The van der Waals surface area contributed by atoms with E-state index in [0.717, 1.165) is 12.8 Å². The molecule has 3 N–H and O–H groups in total. The number of piperidine rings is 1. The number of carbonyl (C=O) groups is 1. The van der Waals surface area contributed by atoms with Gasteiger partial charge >= 0.3 is 5.69 Å². The van der Waals surface area contributed by atoms with E-state index in [1.807, 2.05) is 0 Å². The summed E-state index contributed by atoms with van der Waals surface area (Å²) < 4.78 is 1.44. The largest absolute Gasteiger partial charge is 0.341 e. The Balaban J connectivity index is 1.81. The standard InChI is InChI=1S/C16H20N4O3/c17-11-4-3-8-19(10-11)14(21)7-9-20-13-6-2-1-5-12(13)15(22)18-16(20)23/h1-2,5-6,11H,3-4,7-10,17H2,(H,18,22,23). The first-order chi connectivity index (χ1) is 11.1. The summed E-state index contributed by atoms with van der Waals surface area (Å²) in [7, 11) is 0. The van der Waals surface area contributed by atoms with Crippen molar-refractivity contribution >= 4 is 16.8 Å². The van der Waals surface area contributed by atoms with Crippen LogP contribution in [0.5, 0.6) is 0 Å². The SMILES string of the molecule is NC1CCCN(C(=O)CCn2c(=O)[nH]c(=O)c3ccccc32)C1. The molecule has 1 unspecified atom stereocenters. The van der Waals surface area contributed by atoms with Crippen molar-refractivity contribution in [1.82, 2.24) is 14.5 Å². The molecule has 0 radical (unpaired) electrons. The monoisotopic (exact) mass is 316 g/mol. The first-order valence-electron chi connectivity index (χ1n) is 7.81. The minimum absolute atomic E-state index is 0.0117. The summed E-state index contributed by atoms with van der Waals surface area (Å²) in [6.45, 7) is 1.52. The molecule has 0 aliphatic carbocycles. The molecule has 7 nitrogen and oxygen atoms in total. The lowest BCUT2D eigenvalue weighted by Crippen LogP contribution is -2.46. The number of aryl methyl sites for hydroxylation is 1. The van der Waals surface area contributed by atoms with Gasteiger partial charge in [-0.25, -0.2) is 4.79 Å². The lowest BCUT2D eigenvalue weighted by atomic mass is 10.1. The van der Waals surface area contributed by atoms with E-state index in [1.54, 1.807) is 29.2 Å². The number of para-hydroxylation sites is 1. The van der Waals surface area contributed by atoms with Crippen molar-refractivity contribution in [2.75, 3.05) is 13.1 Å². The molecule has 1 fully saturated rings. The molecule has 2 heterocycles. The van der Waals surface area contributed by atoms with Gasteiger partial charge in [-0.2, -0.15) is 0 Å². The quantitative estimate of drug-likeness (QED) is 0.834. The molecule has 0 saturated carbocycles. The van der Waals surface area contributed by atoms with E-state index in [0.29, 0.717) is 24.0 Å². The summed E-state index contributed by atoms with van der Waals surface area (Å²) in [6.07, 6.45) is 2.06. The zero-order valence-corrected chi connectivity index (χ0v) is 12.8. The zero-order valence-electron chi connectivity index (χ0n) is 12.8. The smallest absolute Gasteiger partial charge is 0.328 e. The molecule has 1 aliphatic rings. The minimum atomic E-state index is -0.489. The molecule has 23 heavy (non-hydrogen) atoms.